The van der Waals surface area contributed by atoms with Crippen LogP contribution in [0.4, 0.5) is 5.95 Å². The minimum Gasteiger partial charge on any atom is -0.496 e. The standard InChI is InChI=1S/C14H16N4O/c1-19-13-5-3-2-4-12(13)10-6-16-14(17-7-10)18-11-8-15-9-11/h2-7,11,15H,8-9H2,1H3,(H,16,17,18). The maximum atomic E-state index is 5.34. The Morgan fingerprint density at radius 2 is 1.95 bits per heavy atom. The highest BCUT2D eigenvalue weighted by Crippen LogP contribution is 2.28. The number of benzene rings is 1. The van der Waals surface area contributed by atoms with Gasteiger partial charge in [-0.3, -0.25) is 0 Å². The maximum absolute atomic E-state index is 5.34. The molecule has 2 heterocycles. The molecule has 5 nitrogen and oxygen atoms in total. The SMILES string of the molecule is COc1ccccc1-c1cnc(NC2CNC2)nc1. The number of aromatic nitrogens is 2. The number of nitrogens with zero attached hydrogens (tertiary/aromatic N) is 2. The number of hydrogen-bond donors (Lipinski definition) is 2. The van der Waals surface area contributed by atoms with Crippen molar-refractivity contribution >= 4 is 5.95 Å². The van der Waals surface area contributed by atoms with Gasteiger partial charge in [-0.15, -0.1) is 0 Å². The Bertz CT molecular complexity index is 552. The van der Waals surface area contributed by atoms with E-state index in [4.69, 9.17) is 4.74 Å². The van der Waals surface area contributed by atoms with Gasteiger partial charge in [0.25, 0.3) is 0 Å². The first-order chi connectivity index (χ1) is 9.36. The van der Waals surface area contributed by atoms with Gasteiger partial charge in [-0.05, 0) is 6.07 Å². The average molecular weight is 256 g/mol. The first kappa shape index (κ1) is 11.9. The van der Waals surface area contributed by atoms with Crippen LogP contribution in [0.2, 0.25) is 0 Å². The van der Waals surface area contributed by atoms with Crippen LogP contribution >= 0.6 is 0 Å². The molecule has 0 atom stereocenters. The van der Waals surface area contributed by atoms with E-state index in [9.17, 15) is 0 Å². The fourth-order valence-electron chi connectivity index (χ4n) is 2.00. The second-order valence-electron chi connectivity index (χ2n) is 4.50. The van der Waals surface area contributed by atoms with Gasteiger partial charge >= 0.3 is 0 Å². The molecule has 1 aromatic heterocycles. The third-order valence-electron chi connectivity index (χ3n) is 3.18. The quantitative estimate of drug-likeness (QED) is 0.869. The van der Waals surface area contributed by atoms with Crippen LogP contribution in [-0.4, -0.2) is 36.2 Å². The molecule has 1 aromatic carbocycles. The monoisotopic (exact) mass is 256 g/mol. The highest BCUT2D eigenvalue weighted by atomic mass is 16.5. The van der Waals surface area contributed by atoms with Crippen molar-refractivity contribution in [3.05, 3.63) is 36.7 Å². The molecule has 1 fully saturated rings. The second kappa shape index (κ2) is 5.24. The molecule has 98 valence electrons. The Balaban J connectivity index is 1.81. The molecule has 5 heteroatoms. The summed E-state index contributed by atoms with van der Waals surface area (Å²) in [5.41, 5.74) is 1.96. The van der Waals surface area contributed by atoms with Crippen LogP contribution in [0.3, 0.4) is 0 Å². The molecule has 2 N–H and O–H groups in total. The number of para-hydroxylation sites is 1. The molecule has 0 bridgehead atoms. The van der Waals surface area contributed by atoms with Crippen LogP contribution in [0.5, 0.6) is 5.75 Å². The fourth-order valence-corrected chi connectivity index (χ4v) is 2.00. The lowest BCUT2D eigenvalue weighted by Gasteiger charge is -2.27. The number of methoxy groups -OCH3 is 1. The smallest absolute Gasteiger partial charge is 0.222 e. The summed E-state index contributed by atoms with van der Waals surface area (Å²) >= 11 is 0. The van der Waals surface area contributed by atoms with E-state index in [0.717, 1.165) is 30.0 Å². The normalized spacial score (nSPS) is 14.8. The Labute approximate surface area is 112 Å². The molecular weight excluding hydrogens is 240 g/mol. The lowest BCUT2D eigenvalue weighted by Crippen LogP contribution is -2.51. The van der Waals surface area contributed by atoms with Gasteiger partial charge in [0.15, 0.2) is 0 Å². The van der Waals surface area contributed by atoms with Gasteiger partial charge in [-0.25, -0.2) is 9.97 Å². The summed E-state index contributed by atoms with van der Waals surface area (Å²) in [4.78, 5) is 8.69. The molecular formula is C14H16N4O. The topological polar surface area (TPSA) is 59.1 Å². The summed E-state index contributed by atoms with van der Waals surface area (Å²) in [6.45, 7) is 1.94. The van der Waals surface area contributed by atoms with Gasteiger partial charge in [0.2, 0.25) is 5.95 Å². The van der Waals surface area contributed by atoms with Crippen molar-refractivity contribution in [1.82, 2.24) is 15.3 Å². The Hall–Kier alpha value is -2.14. The van der Waals surface area contributed by atoms with Gasteiger partial charge < -0.3 is 15.4 Å². The zero-order chi connectivity index (χ0) is 13.1. The first-order valence-electron chi connectivity index (χ1n) is 6.29. The summed E-state index contributed by atoms with van der Waals surface area (Å²) in [7, 11) is 1.67. The van der Waals surface area contributed by atoms with Crippen molar-refractivity contribution in [3.63, 3.8) is 0 Å². The van der Waals surface area contributed by atoms with Crippen LogP contribution < -0.4 is 15.4 Å². The van der Waals surface area contributed by atoms with E-state index in [0.29, 0.717) is 12.0 Å². The summed E-state index contributed by atoms with van der Waals surface area (Å²) < 4.78 is 5.34. The van der Waals surface area contributed by atoms with Gasteiger partial charge in [0, 0.05) is 36.6 Å². The van der Waals surface area contributed by atoms with E-state index in [2.05, 4.69) is 20.6 Å². The van der Waals surface area contributed by atoms with E-state index in [1.54, 1.807) is 7.11 Å². The first-order valence-corrected chi connectivity index (χ1v) is 6.29. The summed E-state index contributed by atoms with van der Waals surface area (Å²) in [5, 5.41) is 6.47. The number of hydrogen-bond acceptors (Lipinski definition) is 5. The number of rotatable bonds is 4. The van der Waals surface area contributed by atoms with E-state index >= 15 is 0 Å². The van der Waals surface area contributed by atoms with Crippen LogP contribution in [0.25, 0.3) is 11.1 Å². The molecule has 1 aliphatic heterocycles. The summed E-state index contributed by atoms with van der Waals surface area (Å²) in [5.74, 6) is 1.50. The number of anilines is 1. The minimum absolute atomic E-state index is 0.442. The minimum atomic E-state index is 0.442. The fraction of sp³-hybridized carbons (Fsp3) is 0.286. The predicted octanol–water partition coefficient (Wildman–Crippen LogP) is 1.54. The molecule has 1 saturated heterocycles. The zero-order valence-electron chi connectivity index (χ0n) is 10.8. The Morgan fingerprint density at radius 1 is 1.21 bits per heavy atom. The summed E-state index contributed by atoms with van der Waals surface area (Å²) in [6.07, 6.45) is 3.64. The van der Waals surface area contributed by atoms with Gasteiger partial charge in [-0.1, -0.05) is 18.2 Å². The van der Waals surface area contributed by atoms with Crippen LogP contribution in [0.15, 0.2) is 36.7 Å². The average Bonchev–Trinajstić information content (AvgIpc) is 2.43. The highest BCUT2D eigenvalue weighted by molar-refractivity contribution is 5.69. The van der Waals surface area contributed by atoms with E-state index in [-0.39, 0.29) is 0 Å². The second-order valence-corrected chi connectivity index (χ2v) is 4.50. The van der Waals surface area contributed by atoms with E-state index in [1.807, 2.05) is 36.7 Å². The molecule has 0 spiro atoms. The predicted molar refractivity (Wildman–Crippen MR) is 74.3 cm³/mol. The molecule has 19 heavy (non-hydrogen) atoms. The van der Waals surface area contributed by atoms with Gasteiger partial charge in [-0.2, -0.15) is 0 Å². The Kier molecular flexibility index (Phi) is 3.29. The maximum Gasteiger partial charge on any atom is 0.222 e. The lowest BCUT2D eigenvalue weighted by molar-refractivity contribution is 0.416. The molecule has 0 radical (unpaired) electrons. The van der Waals surface area contributed by atoms with Crippen molar-refractivity contribution in [2.75, 3.05) is 25.5 Å². The molecule has 0 saturated carbocycles. The van der Waals surface area contributed by atoms with E-state index < -0.39 is 0 Å². The van der Waals surface area contributed by atoms with Crippen molar-refractivity contribution < 1.29 is 4.74 Å². The third kappa shape index (κ3) is 2.51. The largest absolute Gasteiger partial charge is 0.496 e. The summed E-state index contributed by atoms with van der Waals surface area (Å²) in [6, 6.07) is 8.30. The van der Waals surface area contributed by atoms with Gasteiger partial charge in [0.05, 0.1) is 13.2 Å². The number of ether oxygens (including phenoxy) is 1. The molecule has 0 amide bonds. The van der Waals surface area contributed by atoms with Crippen molar-refractivity contribution in [2.24, 2.45) is 0 Å². The lowest BCUT2D eigenvalue weighted by atomic mass is 10.1. The highest BCUT2D eigenvalue weighted by Gasteiger charge is 2.17. The van der Waals surface area contributed by atoms with Crippen molar-refractivity contribution in [2.45, 2.75) is 6.04 Å². The molecule has 0 unspecified atom stereocenters. The molecule has 0 aliphatic carbocycles. The molecule has 1 aliphatic rings. The van der Waals surface area contributed by atoms with Crippen molar-refractivity contribution in [3.8, 4) is 16.9 Å². The Morgan fingerprint density at radius 3 is 2.58 bits per heavy atom. The molecule has 3 rings (SSSR count). The van der Waals surface area contributed by atoms with Gasteiger partial charge in [0.1, 0.15) is 5.75 Å². The van der Waals surface area contributed by atoms with E-state index in [1.165, 1.54) is 0 Å². The zero-order valence-corrected chi connectivity index (χ0v) is 10.8. The molecule has 2 aromatic rings. The van der Waals surface area contributed by atoms with Crippen molar-refractivity contribution in [1.29, 1.82) is 0 Å². The van der Waals surface area contributed by atoms with Crippen LogP contribution in [-0.2, 0) is 0 Å². The third-order valence-corrected chi connectivity index (χ3v) is 3.18. The number of nitrogens with one attached hydrogen (secondary N) is 2. The van der Waals surface area contributed by atoms with Crippen LogP contribution in [0.1, 0.15) is 0 Å². The van der Waals surface area contributed by atoms with Crippen LogP contribution in [0, 0.1) is 0 Å².